The van der Waals surface area contributed by atoms with Crippen molar-refractivity contribution in [3.63, 3.8) is 0 Å². The van der Waals surface area contributed by atoms with Gasteiger partial charge in [0.2, 0.25) is 23.7 Å². The van der Waals surface area contributed by atoms with E-state index in [4.69, 9.17) is 4.74 Å². The number of allylic oxidation sites excluding steroid dienone is 2. The number of anilines is 1. The number of benzene rings is 3. The lowest BCUT2D eigenvalue weighted by molar-refractivity contribution is -0.655. The number of ether oxygens (including phenoxy) is 1. The Morgan fingerprint density at radius 1 is 0.955 bits per heavy atom. The number of carbonyl (C=O) groups excluding carboxylic acids is 1. The van der Waals surface area contributed by atoms with E-state index in [9.17, 15) is 30.7 Å². The number of nitrogens with zero attached hydrogens (tertiary/aromatic N) is 2. The molecular formula is C31H29N2O8S3-. The van der Waals surface area contributed by atoms with E-state index in [1.807, 2.05) is 96.8 Å². The van der Waals surface area contributed by atoms with Gasteiger partial charge in [0.1, 0.15) is 20.6 Å². The number of ketones is 1. The van der Waals surface area contributed by atoms with Gasteiger partial charge in [-0.15, -0.1) is 0 Å². The summed E-state index contributed by atoms with van der Waals surface area (Å²) >= 11 is 1.41. The lowest BCUT2D eigenvalue weighted by Crippen LogP contribution is -2.41. The summed E-state index contributed by atoms with van der Waals surface area (Å²) in [6, 6.07) is 22.9. The van der Waals surface area contributed by atoms with Crippen molar-refractivity contribution in [2.45, 2.75) is 26.3 Å². The summed E-state index contributed by atoms with van der Waals surface area (Å²) in [6.45, 7) is 1.88. The SMILES string of the molecule is CCC(=Cc1sc2ccccc2[n+]1CC(=O)CS(=O)(=O)[O-])C=C1Oc2ccc(-c3ccccc3)cc2N1CCCS(=O)(=O)[O-]. The third-order valence-electron chi connectivity index (χ3n) is 6.95. The molecule has 0 N–H and O–H groups in total. The van der Waals surface area contributed by atoms with Gasteiger partial charge in [0.25, 0.3) is 5.01 Å². The fourth-order valence-electron chi connectivity index (χ4n) is 4.95. The zero-order valence-corrected chi connectivity index (χ0v) is 26.2. The van der Waals surface area contributed by atoms with Gasteiger partial charge in [-0.3, -0.25) is 4.79 Å². The summed E-state index contributed by atoms with van der Waals surface area (Å²) in [4.78, 5) is 14.4. The van der Waals surface area contributed by atoms with Crippen molar-refractivity contribution < 1.29 is 40.0 Å². The van der Waals surface area contributed by atoms with E-state index in [0.717, 1.165) is 32.6 Å². The molecule has 0 aliphatic carbocycles. The zero-order chi connectivity index (χ0) is 31.5. The number of hydrogen-bond acceptors (Lipinski definition) is 10. The first kappa shape index (κ1) is 31.5. The van der Waals surface area contributed by atoms with Gasteiger partial charge >= 0.3 is 0 Å². The molecule has 0 bridgehead atoms. The Labute approximate surface area is 260 Å². The topological polar surface area (TPSA) is 148 Å². The van der Waals surface area contributed by atoms with Crippen LogP contribution in [0.3, 0.4) is 0 Å². The Hall–Kier alpha value is -3.88. The molecule has 0 atom stereocenters. The van der Waals surface area contributed by atoms with Crippen molar-refractivity contribution >= 4 is 59.3 Å². The molecule has 0 saturated heterocycles. The number of hydrogen-bond donors (Lipinski definition) is 0. The Kier molecular flexibility index (Phi) is 9.32. The summed E-state index contributed by atoms with van der Waals surface area (Å²) in [6.07, 6.45) is 4.34. The first-order chi connectivity index (χ1) is 20.9. The Morgan fingerprint density at radius 2 is 1.68 bits per heavy atom. The third-order valence-corrected chi connectivity index (χ3v) is 9.53. The number of para-hydroxylation sites is 1. The van der Waals surface area contributed by atoms with Crippen LogP contribution in [0.5, 0.6) is 5.75 Å². The normalized spacial score (nSPS) is 14.7. The van der Waals surface area contributed by atoms with Gasteiger partial charge in [0.15, 0.2) is 5.75 Å². The Morgan fingerprint density at radius 3 is 2.39 bits per heavy atom. The predicted molar refractivity (Wildman–Crippen MR) is 167 cm³/mol. The average Bonchev–Trinajstić information content (AvgIpc) is 3.48. The smallest absolute Gasteiger partial charge is 0.263 e. The summed E-state index contributed by atoms with van der Waals surface area (Å²) in [5.41, 5.74) is 4.21. The maximum atomic E-state index is 12.5. The molecule has 10 nitrogen and oxygen atoms in total. The van der Waals surface area contributed by atoms with Crippen LogP contribution in [-0.4, -0.2) is 49.8 Å². The van der Waals surface area contributed by atoms with E-state index in [0.29, 0.717) is 23.1 Å². The van der Waals surface area contributed by atoms with Gasteiger partial charge in [-0.25, -0.2) is 16.8 Å². The van der Waals surface area contributed by atoms with Crippen molar-refractivity contribution in [3.8, 4) is 16.9 Å². The highest BCUT2D eigenvalue weighted by molar-refractivity contribution is 7.86. The first-order valence-corrected chi connectivity index (χ1v) is 17.7. The summed E-state index contributed by atoms with van der Waals surface area (Å²) in [5, 5.41) is 0.669. The zero-order valence-electron chi connectivity index (χ0n) is 23.7. The molecular weight excluding hydrogens is 625 g/mol. The van der Waals surface area contributed by atoms with Gasteiger partial charge in [-0.2, -0.15) is 4.57 Å². The second-order valence-electron chi connectivity index (χ2n) is 10.2. The van der Waals surface area contributed by atoms with Crippen molar-refractivity contribution in [3.05, 3.63) is 95.3 Å². The highest BCUT2D eigenvalue weighted by Crippen LogP contribution is 2.42. The molecule has 0 amide bonds. The number of thiazole rings is 1. The standard InChI is InChI=1S/C31H30N2O8S3/c1-2-22(18-31-33(20-25(34)21-44(38,39)40)26-11-6-7-12-29(26)42-31)17-30-32(15-8-16-43(35,36)37)27-19-24(13-14-28(27)41-30)23-9-4-3-5-10-23/h3-7,9-14,17-19H,2,8,15-16,20-21H2,1H3,(H-,35,36,37,38,39,40)/p-1. The van der Waals surface area contributed by atoms with E-state index < -0.39 is 37.5 Å². The molecule has 5 rings (SSSR count). The van der Waals surface area contributed by atoms with E-state index in [1.54, 1.807) is 4.57 Å². The van der Waals surface area contributed by atoms with Crippen LogP contribution in [0.15, 0.2) is 90.3 Å². The Bertz CT molecular complexity index is 1980. The van der Waals surface area contributed by atoms with Crippen LogP contribution in [-0.2, 0) is 31.6 Å². The van der Waals surface area contributed by atoms with Crippen LogP contribution in [0.1, 0.15) is 24.8 Å². The summed E-state index contributed by atoms with van der Waals surface area (Å²) < 4.78 is 76.5. The maximum Gasteiger partial charge on any atom is 0.263 e. The van der Waals surface area contributed by atoms with Crippen molar-refractivity contribution in [2.75, 3.05) is 23.0 Å². The molecule has 0 saturated carbocycles. The third kappa shape index (κ3) is 7.79. The molecule has 4 aromatic rings. The monoisotopic (exact) mass is 653 g/mol. The predicted octanol–water partition coefficient (Wildman–Crippen LogP) is 4.44. The molecule has 0 unspecified atom stereocenters. The number of rotatable bonds is 12. The van der Waals surface area contributed by atoms with Crippen LogP contribution < -0.4 is 14.2 Å². The number of carbonyl (C=O) groups is 1. The van der Waals surface area contributed by atoms with E-state index in [2.05, 4.69) is 0 Å². The van der Waals surface area contributed by atoms with Crippen LogP contribution in [0.4, 0.5) is 5.69 Å². The molecule has 2 heterocycles. The van der Waals surface area contributed by atoms with Gasteiger partial charge in [-0.05, 0) is 47.7 Å². The quantitative estimate of drug-likeness (QED) is 0.160. The average molecular weight is 654 g/mol. The van der Waals surface area contributed by atoms with E-state index in [1.165, 1.54) is 11.3 Å². The molecule has 1 aliphatic rings. The van der Waals surface area contributed by atoms with Crippen LogP contribution in [0, 0.1) is 0 Å². The van der Waals surface area contributed by atoms with E-state index in [-0.39, 0.29) is 19.5 Å². The highest BCUT2D eigenvalue weighted by Gasteiger charge is 2.28. The molecule has 230 valence electrons. The molecule has 0 spiro atoms. The van der Waals surface area contributed by atoms with Gasteiger partial charge in [0, 0.05) is 30.5 Å². The maximum absolute atomic E-state index is 12.5. The molecule has 1 aliphatic heterocycles. The molecule has 0 radical (unpaired) electrons. The minimum atomic E-state index is -4.72. The van der Waals surface area contributed by atoms with Crippen LogP contribution in [0.2, 0.25) is 0 Å². The number of fused-ring (bicyclic) bond motifs is 2. The Balaban J connectivity index is 1.53. The fourth-order valence-corrected chi connectivity index (χ4v) is 7.06. The van der Waals surface area contributed by atoms with Gasteiger partial charge in [0.05, 0.1) is 15.8 Å². The van der Waals surface area contributed by atoms with Crippen molar-refractivity contribution in [2.24, 2.45) is 0 Å². The molecule has 13 heteroatoms. The minimum Gasteiger partial charge on any atom is -0.748 e. The summed E-state index contributed by atoms with van der Waals surface area (Å²) in [7, 11) is -9.12. The van der Waals surface area contributed by atoms with Crippen LogP contribution >= 0.6 is 11.3 Å². The molecule has 1 aromatic heterocycles. The second kappa shape index (κ2) is 13.0. The fraction of sp³-hybridized carbons (Fsp3) is 0.226. The molecule has 3 aromatic carbocycles. The minimum absolute atomic E-state index is 0.0910. The van der Waals surface area contributed by atoms with E-state index >= 15 is 0 Å². The largest absolute Gasteiger partial charge is 0.748 e. The molecule has 44 heavy (non-hydrogen) atoms. The lowest BCUT2D eigenvalue weighted by atomic mass is 10.0. The van der Waals surface area contributed by atoms with Crippen LogP contribution in [0.25, 0.3) is 27.4 Å². The summed E-state index contributed by atoms with van der Waals surface area (Å²) in [5.74, 6) is -1.30. The number of Topliss-reactive ketones (excluding diaryl/α,β-unsaturated/α-hetero) is 1. The van der Waals surface area contributed by atoms with Crippen molar-refractivity contribution in [1.82, 2.24) is 0 Å². The highest BCUT2D eigenvalue weighted by atomic mass is 32.2. The second-order valence-corrected chi connectivity index (χ2v) is 14.2. The lowest BCUT2D eigenvalue weighted by Gasteiger charge is -2.19. The van der Waals surface area contributed by atoms with Gasteiger partial charge < -0.3 is 18.7 Å². The first-order valence-electron chi connectivity index (χ1n) is 13.8. The number of aromatic nitrogens is 1. The van der Waals surface area contributed by atoms with Crippen molar-refractivity contribution in [1.29, 1.82) is 0 Å². The molecule has 0 fully saturated rings. The van der Waals surface area contributed by atoms with Gasteiger partial charge in [-0.1, -0.05) is 66.8 Å².